The number of nitrogens with zero attached hydrogens (tertiary/aromatic N) is 2. The van der Waals surface area contributed by atoms with Gasteiger partial charge < -0.3 is 14.8 Å². The minimum Gasteiger partial charge on any atom is -0.341 e. The first-order chi connectivity index (χ1) is 8.31. The van der Waals surface area contributed by atoms with Crippen molar-refractivity contribution in [3.05, 3.63) is 24.0 Å². The molecule has 2 heterocycles. The second-order valence-electron chi connectivity index (χ2n) is 4.50. The van der Waals surface area contributed by atoms with Gasteiger partial charge in [-0.15, -0.1) is 0 Å². The van der Waals surface area contributed by atoms with Gasteiger partial charge in [-0.2, -0.15) is 0 Å². The Hall–Kier alpha value is -1.29. The van der Waals surface area contributed by atoms with Crippen LogP contribution in [-0.2, 0) is 17.9 Å². The van der Waals surface area contributed by atoms with Gasteiger partial charge in [-0.05, 0) is 31.5 Å². The van der Waals surface area contributed by atoms with Gasteiger partial charge in [0.1, 0.15) is 6.54 Å². The van der Waals surface area contributed by atoms with E-state index in [0.29, 0.717) is 6.54 Å². The quantitative estimate of drug-likeness (QED) is 0.833. The van der Waals surface area contributed by atoms with E-state index in [1.165, 1.54) is 5.69 Å². The van der Waals surface area contributed by atoms with Crippen LogP contribution in [0.2, 0.25) is 0 Å². The van der Waals surface area contributed by atoms with Crippen molar-refractivity contribution in [2.75, 3.05) is 19.6 Å². The molecule has 1 fully saturated rings. The summed E-state index contributed by atoms with van der Waals surface area (Å²) in [7, 11) is 0. The van der Waals surface area contributed by atoms with Crippen LogP contribution in [0.15, 0.2) is 18.3 Å². The van der Waals surface area contributed by atoms with E-state index in [1.54, 1.807) is 0 Å². The molecule has 1 saturated heterocycles. The van der Waals surface area contributed by atoms with E-state index in [4.69, 9.17) is 0 Å². The highest BCUT2D eigenvalue weighted by atomic mass is 16.2. The van der Waals surface area contributed by atoms with Gasteiger partial charge in [0.25, 0.3) is 0 Å². The third kappa shape index (κ3) is 3.09. The number of hydrogen-bond acceptors (Lipinski definition) is 2. The van der Waals surface area contributed by atoms with E-state index < -0.39 is 0 Å². The van der Waals surface area contributed by atoms with Crippen LogP contribution in [0.5, 0.6) is 0 Å². The normalized spacial score (nSPS) is 15.5. The molecule has 4 heteroatoms. The van der Waals surface area contributed by atoms with Crippen LogP contribution < -0.4 is 5.32 Å². The first-order valence-electron chi connectivity index (χ1n) is 6.43. The predicted octanol–water partition coefficient (Wildman–Crippen LogP) is 1.22. The lowest BCUT2D eigenvalue weighted by atomic mass is 10.4. The average molecular weight is 235 g/mol. The summed E-state index contributed by atoms with van der Waals surface area (Å²) in [5, 5.41) is 3.29. The Balaban J connectivity index is 1.93. The average Bonchev–Trinajstić information content (AvgIpc) is 2.97. The highest BCUT2D eigenvalue weighted by molar-refractivity contribution is 5.76. The monoisotopic (exact) mass is 235 g/mol. The third-order valence-corrected chi connectivity index (χ3v) is 3.24. The molecule has 4 nitrogen and oxygen atoms in total. The SMILES string of the molecule is CCNCc1cccn1CC(=O)N1CCCC1. The van der Waals surface area contributed by atoms with Gasteiger partial charge in [0.2, 0.25) is 5.91 Å². The highest BCUT2D eigenvalue weighted by Crippen LogP contribution is 2.09. The maximum Gasteiger partial charge on any atom is 0.242 e. The van der Waals surface area contributed by atoms with E-state index in [1.807, 2.05) is 21.7 Å². The largest absolute Gasteiger partial charge is 0.341 e. The molecule has 0 bridgehead atoms. The Morgan fingerprint density at radius 3 is 2.88 bits per heavy atom. The molecule has 0 aliphatic carbocycles. The number of amides is 1. The molecular formula is C13H21N3O. The van der Waals surface area contributed by atoms with Crippen molar-refractivity contribution >= 4 is 5.91 Å². The van der Waals surface area contributed by atoms with Crippen LogP contribution >= 0.6 is 0 Å². The minimum absolute atomic E-state index is 0.247. The lowest BCUT2D eigenvalue weighted by molar-refractivity contribution is -0.130. The summed E-state index contributed by atoms with van der Waals surface area (Å²) < 4.78 is 2.04. The summed E-state index contributed by atoms with van der Waals surface area (Å²) in [6.07, 6.45) is 4.30. The molecule has 0 aromatic carbocycles. The molecule has 0 unspecified atom stereocenters. The van der Waals surface area contributed by atoms with Crippen molar-refractivity contribution in [1.29, 1.82) is 0 Å². The molecule has 0 spiro atoms. The molecular weight excluding hydrogens is 214 g/mol. The van der Waals surface area contributed by atoms with E-state index in [9.17, 15) is 4.79 Å². The summed E-state index contributed by atoms with van der Waals surface area (Å²) in [5.74, 6) is 0.247. The van der Waals surface area contributed by atoms with Gasteiger partial charge in [-0.1, -0.05) is 6.92 Å². The van der Waals surface area contributed by atoms with Gasteiger partial charge in [0.15, 0.2) is 0 Å². The molecule has 1 aliphatic heterocycles. The van der Waals surface area contributed by atoms with Gasteiger partial charge in [-0.25, -0.2) is 0 Å². The topological polar surface area (TPSA) is 37.3 Å². The molecule has 0 radical (unpaired) electrons. The lowest BCUT2D eigenvalue weighted by Gasteiger charge is -2.17. The Bertz CT molecular complexity index is 366. The van der Waals surface area contributed by atoms with Crippen LogP contribution in [-0.4, -0.2) is 35.0 Å². The zero-order chi connectivity index (χ0) is 12.1. The summed E-state index contributed by atoms with van der Waals surface area (Å²) in [5.41, 5.74) is 1.18. The maximum atomic E-state index is 12.0. The second kappa shape index (κ2) is 5.87. The fraction of sp³-hybridized carbons (Fsp3) is 0.615. The van der Waals surface area contributed by atoms with Crippen LogP contribution in [0.3, 0.4) is 0 Å². The fourth-order valence-electron chi connectivity index (χ4n) is 2.23. The molecule has 0 atom stereocenters. The Morgan fingerprint density at radius 2 is 2.18 bits per heavy atom. The number of aromatic nitrogens is 1. The van der Waals surface area contributed by atoms with Crippen molar-refractivity contribution in [3.63, 3.8) is 0 Å². The first kappa shape index (κ1) is 12.2. The van der Waals surface area contributed by atoms with Crippen LogP contribution in [0.4, 0.5) is 0 Å². The zero-order valence-electron chi connectivity index (χ0n) is 10.5. The molecule has 1 amide bonds. The molecule has 17 heavy (non-hydrogen) atoms. The van der Waals surface area contributed by atoms with Crippen molar-refractivity contribution in [2.45, 2.75) is 32.9 Å². The molecule has 0 saturated carbocycles. The molecule has 1 N–H and O–H groups in total. The van der Waals surface area contributed by atoms with E-state index in [0.717, 1.165) is 39.0 Å². The number of carbonyl (C=O) groups excluding carboxylic acids is 1. The Kier molecular flexibility index (Phi) is 4.20. The van der Waals surface area contributed by atoms with E-state index in [2.05, 4.69) is 18.3 Å². The lowest BCUT2D eigenvalue weighted by Crippen LogP contribution is -2.31. The summed E-state index contributed by atoms with van der Waals surface area (Å²) in [4.78, 5) is 14.0. The number of likely N-dealkylation sites (tertiary alicyclic amines) is 1. The third-order valence-electron chi connectivity index (χ3n) is 3.24. The number of rotatable bonds is 5. The number of carbonyl (C=O) groups is 1. The van der Waals surface area contributed by atoms with E-state index >= 15 is 0 Å². The van der Waals surface area contributed by atoms with Crippen molar-refractivity contribution in [3.8, 4) is 0 Å². The standard InChI is InChI=1S/C13H21N3O/c1-2-14-10-12-6-5-9-16(12)11-13(17)15-7-3-4-8-15/h5-6,9,14H,2-4,7-8,10-11H2,1H3. The Morgan fingerprint density at radius 1 is 1.41 bits per heavy atom. The number of nitrogens with one attached hydrogen (secondary N) is 1. The van der Waals surface area contributed by atoms with Gasteiger partial charge >= 0.3 is 0 Å². The predicted molar refractivity (Wildman–Crippen MR) is 67.6 cm³/mol. The molecule has 1 aromatic heterocycles. The first-order valence-corrected chi connectivity index (χ1v) is 6.43. The van der Waals surface area contributed by atoms with E-state index in [-0.39, 0.29) is 5.91 Å². The van der Waals surface area contributed by atoms with Crippen LogP contribution in [0.25, 0.3) is 0 Å². The molecule has 2 rings (SSSR count). The van der Waals surface area contributed by atoms with Crippen LogP contribution in [0, 0.1) is 0 Å². The van der Waals surface area contributed by atoms with Crippen molar-refractivity contribution in [1.82, 2.24) is 14.8 Å². The van der Waals surface area contributed by atoms with Gasteiger partial charge in [0.05, 0.1) is 0 Å². The van der Waals surface area contributed by atoms with Crippen LogP contribution in [0.1, 0.15) is 25.5 Å². The van der Waals surface area contributed by atoms with Crippen molar-refractivity contribution < 1.29 is 4.79 Å². The molecule has 1 aliphatic rings. The zero-order valence-corrected chi connectivity index (χ0v) is 10.5. The summed E-state index contributed by atoms with van der Waals surface area (Å²) >= 11 is 0. The molecule has 94 valence electrons. The van der Waals surface area contributed by atoms with Gasteiger partial charge in [-0.3, -0.25) is 4.79 Å². The minimum atomic E-state index is 0.247. The fourth-order valence-corrected chi connectivity index (χ4v) is 2.23. The molecule has 1 aromatic rings. The number of hydrogen-bond donors (Lipinski definition) is 1. The highest BCUT2D eigenvalue weighted by Gasteiger charge is 2.18. The smallest absolute Gasteiger partial charge is 0.242 e. The van der Waals surface area contributed by atoms with Crippen molar-refractivity contribution in [2.24, 2.45) is 0 Å². The summed E-state index contributed by atoms with van der Waals surface area (Å²) in [6, 6.07) is 4.07. The second-order valence-corrected chi connectivity index (χ2v) is 4.50. The van der Waals surface area contributed by atoms with Gasteiger partial charge in [0, 0.05) is 31.5 Å². The maximum absolute atomic E-state index is 12.0. The Labute approximate surface area is 103 Å². The summed E-state index contributed by atoms with van der Waals surface area (Å²) in [6.45, 7) is 6.21.